The number of thiophene rings is 1. The predicted octanol–water partition coefficient (Wildman–Crippen LogP) is 4.02. The lowest BCUT2D eigenvalue weighted by Gasteiger charge is -2.07. The number of fused-ring (bicyclic) bond motifs is 1. The lowest BCUT2D eigenvalue weighted by Crippen LogP contribution is -1.99. The molecule has 0 aliphatic heterocycles. The number of aromatic nitrogens is 2. The minimum Gasteiger partial charge on any atom is -0.238 e. The first-order valence-electron chi connectivity index (χ1n) is 5.24. The van der Waals surface area contributed by atoms with Crippen molar-refractivity contribution in [3.8, 4) is 0 Å². The first-order chi connectivity index (χ1) is 8.34. The molecule has 0 saturated heterocycles. The third-order valence-electron chi connectivity index (χ3n) is 2.54. The average molecular weight is 261 g/mol. The zero-order valence-corrected chi connectivity index (χ0v) is 10.4. The van der Waals surface area contributed by atoms with Crippen LogP contribution in [0.5, 0.6) is 0 Å². The smallest absolute Gasteiger partial charge is 0.151 e. The molecule has 0 N–H and O–H groups in total. The lowest BCUT2D eigenvalue weighted by atomic mass is 10.1. The van der Waals surface area contributed by atoms with Crippen molar-refractivity contribution in [2.24, 2.45) is 0 Å². The molecular formula is C13H9ClN2S. The number of benzene rings is 1. The van der Waals surface area contributed by atoms with Gasteiger partial charge in [0, 0.05) is 6.20 Å². The van der Waals surface area contributed by atoms with Crippen molar-refractivity contribution < 1.29 is 0 Å². The van der Waals surface area contributed by atoms with E-state index < -0.39 is 0 Å². The van der Waals surface area contributed by atoms with E-state index >= 15 is 0 Å². The zero-order chi connectivity index (χ0) is 11.7. The molecule has 17 heavy (non-hydrogen) atoms. The molecule has 3 rings (SSSR count). The van der Waals surface area contributed by atoms with Gasteiger partial charge in [-0.05, 0) is 17.0 Å². The van der Waals surface area contributed by atoms with E-state index in [1.807, 2.05) is 48.0 Å². The topological polar surface area (TPSA) is 25.8 Å². The summed E-state index contributed by atoms with van der Waals surface area (Å²) in [6.07, 6.45) is 1.83. The number of hydrogen-bond donors (Lipinski definition) is 0. The van der Waals surface area contributed by atoms with Gasteiger partial charge in [-0.2, -0.15) is 0 Å². The molecular weight excluding hydrogens is 252 g/mol. The van der Waals surface area contributed by atoms with Crippen molar-refractivity contribution in [2.75, 3.05) is 0 Å². The summed E-state index contributed by atoms with van der Waals surface area (Å²) in [6.45, 7) is 0. The van der Waals surface area contributed by atoms with Crippen molar-refractivity contribution in [3.05, 3.63) is 59.4 Å². The molecule has 2 nitrogen and oxygen atoms in total. The molecule has 0 aliphatic rings. The maximum Gasteiger partial charge on any atom is 0.151 e. The highest BCUT2D eigenvalue weighted by atomic mass is 35.5. The van der Waals surface area contributed by atoms with Crippen LogP contribution in [-0.4, -0.2) is 9.97 Å². The van der Waals surface area contributed by atoms with Crippen molar-refractivity contribution in [1.29, 1.82) is 0 Å². The van der Waals surface area contributed by atoms with Gasteiger partial charge in [-0.1, -0.05) is 30.3 Å². The average Bonchev–Trinajstić information content (AvgIpc) is 2.86. The monoisotopic (exact) mass is 260 g/mol. The van der Waals surface area contributed by atoms with Gasteiger partial charge in [0.15, 0.2) is 5.82 Å². The van der Waals surface area contributed by atoms with Gasteiger partial charge in [0.25, 0.3) is 0 Å². The molecule has 0 unspecified atom stereocenters. The predicted molar refractivity (Wildman–Crippen MR) is 71.6 cm³/mol. The summed E-state index contributed by atoms with van der Waals surface area (Å²) in [7, 11) is 0. The summed E-state index contributed by atoms with van der Waals surface area (Å²) in [5.74, 6) is 0.656. The summed E-state index contributed by atoms with van der Waals surface area (Å²) < 4.78 is 1.09. The summed E-state index contributed by atoms with van der Waals surface area (Å²) in [6, 6.07) is 11.9. The Hall–Kier alpha value is -1.45. The fraction of sp³-hybridized carbons (Fsp3) is 0.0769. The Balaban J connectivity index is 2.03. The molecule has 3 aromatic rings. The van der Waals surface area contributed by atoms with Crippen LogP contribution in [0.25, 0.3) is 10.2 Å². The minimum atomic E-state index is -0.291. The Morgan fingerprint density at radius 1 is 1.12 bits per heavy atom. The molecule has 0 radical (unpaired) electrons. The van der Waals surface area contributed by atoms with Gasteiger partial charge in [0.1, 0.15) is 5.38 Å². The van der Waals surface area contributed by atoms with Crippen molar-refractivity contribution in [2.45, 2.75) is 5.38 Å². The van der Waals surface area contributed by atoms with Gasteiger partial charge in [-0.25, -0.2) is 9.97 Å². The molecule has 0 fully saturated rings. The summed E-state index contributed by atoms with van der Waals surface area (Å²) >= 11 is 8.01. The lowest BCUT2D eigenvalue weighted by molar-refractivity contribution is 0.965. The van der Waals surface area contributed by atoms with Gasteiger partial charge in [-0.15, -0.1) is 22.9 Å². The van der Waals surface area contributed by atoms with Crippen molar-refractivity contribution in [3.63, 3.8) is 0 Å². The van der Waals surface area contributed by atoms with E-state index in [-0.39, 0.29) is 5.38 Å². The quantitative estimate of drug-likeness (QED) is 0.651. The Morgan fingerprint density at radius 3 is 2.76 bits per heavy atom. The van der Waals surface area contributed by atoms with Gasteiger partial charge >= 0.3 is 0 Å². The van der Waals surface area contributed by atoms with E-state index in [2.05, 4.69) is 9.97 Å². The van der Waals surface area contributed by atoms with Crippen LogP contribution in [0.2, 0.25) is 0 Å². The second-order valence-corrected chi connectivity index (χ2v) is 5.06. The normalized spacial score (nSPS) is 12.8. The van der Waals surface area contributed by atoms with E-state index in [0.717, 1.165) is 15.8 Å². The number of alkyl halides is 1. The van der Waals surface area contributed by atoms with E-state index in [9.17, 15) is 0 Å². The molecule has 1 atom stereocenters. The molecule has 0 bridgehead atoms. The Bertz CT molecular complexity index is 636. The summed E-state index contributed by atoms with van der Waals surface area (Å²) in [4.78, 5) is 8.80. The van der Waals surface area contributed by atoms with Crippen molar-refractivity contribution in [1.82, 2.24) is 9.97 Å². The van der Waals surface area contributed by atoms with Crippen LogP contribution in [0.1, 0.15) is 16.8 Å². The third-order valence-corrected chi connectivity index (χ3v) is 3.83. The summed E-state index contributed by atoms with van der Waals surface area (Å²) in [5, 5.41) is 1.72. The van der Waals surface area contributed by atoms with Crippen LogP contribution in [-0.2, 0) is 0 Å². The molecule has 0 saturated carbocycles. The fourth-order valence-electron chi connectivity index (χ4n) is 1.67. The number of nitrogens with zero attached hydrogens (tertiary/aromatic N) is 2. The standard InChI is InChI=1S/C13H9ClN2S/c14-12(9-4-2-1-3-5-9)13-15-8-11-10(16-13)6-7-17-11/h1-8,12H/t12-/m1/s1. The summed E-state index contributed by atoms with van der Waals surface area (Å²) in [5.41, 5.74) is 1.98. The highest BCUT2D eigenvalue weighted by Gasteiger charge is 2.14. The largest absolute Gasteiger partial charge is 0.238 e. The molecule has 0 amide bonds. The van der Waals surface area contributed by atoms with Gasteiger partial charge in [0.2, 0.25) is 0 Å². The van der Waals surface area contributed by atoms with Gasteiger partial charge in [-0.3, -0.25) is 0 Å². The van der Waals surface area contributed by atoms with E-state index in [1.165, 1.54) is 0 Å². The first kappa shape index (κ1) is 10.7. The molecule has 84 valence electrons. The maximum absolute atomic E-state index is 6.38. The second kappa shape index (κ2) is 4.43. The van der Waals surface area contributed by atoms with E-state index in [4.69, 9.17) is 11.6 Å². The first-order valence-corrected chi connectivity index (χ1v) is 6.55. The van der Waals surface area contributed by atoms with Crippen LogP contribution in [0.15, 0.2) is 48.0 Å². The van der Waals surface area contributed by atoms with Gasteiger partial charge < -0.3 is 0 Å². The number of halogens is 1. The van der Waals surface area contributed by atoms with Crippen LogP contribution in [0.4, 0.5) is 0 Å². The Labute approximate surface area is 108 Å². The van der Waals surface area contributed by atoms with Crippen LogP contribution >= 0.6 is 22.9 Å². The highest BCUT2D eigenvalue weighted by Crippen LogP contribution is 2.27. The zero-order valence-electron chi connectivity index (χ0n) is 8.88. The fourth-order valence-corrected chi connectivity index (χ4v) is 2.62. The molecule has 0 aliphatic carbocycles. The molecule has 4 heteroatoms. The molecule has 1 aromatic carbocycles. The molecule has 0 spiro atoms. The maximum atomic E-state index is 6.38. The van der Waals surface area contributed by atoms with Crippen LogP contribution in [0, 0.1) is 0 Å². The molecule has 2 heterocycles. The molecule has 2 aromatic heterocycles. The van der Waals surface area contributed by atoms with Crippen LogP contribution < -0.4 is 0 Å². The third kappa shape index (κ3) is 2.04. The van der Waals surface area contributed by atoms with Gasteiger partial charge in [0.05, 0.1) is 10.2 Å². The highest BCUT2D eigenvalue weighted by molar-refractivity contribution is 7.17. The number of rotatable bonds is 2. The van der Waals surface area contributed by atoms with E-state index in [1.54, 1.807) is 11.3 Å². The van der Waals surface area contributed by atoms with E-state index in [0.29, 0.717) is 5.82 Å². The Kier molecular flexibility index (Phi) is 2.79. The Morgan fingerprint density at radius 2 is 1.94 bits per heavy atom. The number of hydrogen-bond acceptors (Lipinski definition) is 3. The SMILES string of the molecule is Cl[C@H](c1ccccc1)c1ncc2sccc2n1. The van der Waals surface area contributed by atoms with Crippen LogP contribution in [0.3, 0.4) is 0 Å². The second-order valence-electron chi connectivity index (χ2n) is 3.67. The minimum absolute atomic E-state index is 0.291. The van der Waals surface area contributed by atoms with Crippen molar-refractivity contribution >= 4 is 33.2 Å².